The van der Waals surface area contributed by atoms with E-state index in [4.69, 9.17) is 13.9 Å². The number of rotatable bonds is 5. The molecule has 1 fully saturated rings. The average Bonchev–Trinajstić information content (AvgIpc) is 3.20. The van der Waals surface area contributed by atoms with Crippen molar-refractivity contribution in [3.05, 3.63) is 60.9 Å². The molecule has 0 saturated heterocycles. The monoisotopic (exact) mass is 416 g/mol. The van der Waals surface area contributed by atoms with Gasteiger partial charge in [0, 0.05) is 17.5 Å². The number of furan rings is 1. The first-order valence-electron chi connectivity index (χ1n) is 10.5. The summed E-state index contributed by atoms with van der Waals surface area (Å²) in [5.41, 5.74) is 3.27. The molecule has 6 nitrogen and oxygen atoms in total. The SMILES string of the molecule is COc1ccc(-c2c(-c3ccccc3)oc3ncnc(O[C@H]4CCC[C@H](O)C4)c23)cc1. The largest absolute Gasteiger partial charge is 0.497 e. The number of aromatic nitrogens is 2. The lowest BCUT2D eigenvalue weighted by Crippen LogP contribution is -2.28. The summed E-state index contributed by atoms with van der Waals surface area (Å²) in [4.78, 5) is 8.84. The smallest absolute Gasteiger partial charge is 0.234 e. The van der Waals surface area contributed by atoms with Gasteiger partial charge in [0.2, 0.25) is 11.6 Å². The van der Waals surface area contributed by atoms with Crippen molar-refractivity contribution in [1.29, 1.82) is 0 Å². The summed E-state index contributed by atoms with van der Waals surface area (Å²) < 4.78 is 17.9. The Labute approximate surface area is 180 Å². The van der Waals surface area contributed by atoms with Gasteiger partial charge in [-0.2, -0.15) is 0 Å². The van der Waals surface area contributed by atoms with Gasteiger partial charge in [0.25, 0.3) is 0 Å². The minimum Gasteiger partial charge on any atom is -0.497 e. The first kappa shape index (κ1) is 19.6. The fraction of sp³-hybridized carbons (Fsp3) is 0.280. The van der Waals surface area contributed by atoms with Crippen molar-refractivity contribution in [3.8, 4) is 34.1 Å². The lowest BCUT2D eigenvalue weighted by molar-refractivity contribution is 0.0522. The Morgan fingerprint density at radius 2 is 1.77 bits per heavy atom. The minimum absolute atomic E-state index is 0.0827. The van der Waals surface area contributed by atoms with Crippen molar-refractivity contribution in [1.82, 2.24) is 9.97 Å². The van der Waals surface area contributed by atoms with E-state index in [2.05, 4.69) is 9.97 Å². The summed E-state index contributed by atoms with van der Waals surface area (Å²) >= 11 is 0. The summed E-state index contributed by atoms with van der Waals surface area (Å²) in [6.45, 7) is 0. The zero-order chi connectivity index (χ0) is 21.2. The summed E-state index contributed by atoms with van der Waals surface area (Å²) in [5, 5.41) is 10.8. The molecule has 1 aliphatic carbocycles. The van der Waals surface area contributed by atoms with Crippen molar-refractivity contribution in [3.63, 3.8) is 0 Å². The predicted molar refractivity (Wildman–Crippen MR) is 118 cm³/mol. The highest BCUT2D eigenvalue weighted by Crippen LogP contribution is 2.44. The van der Waals surface area contributed by atoms with E-state index in [1.165, 1.54) is 6.33 Å². The number of hydrogen-bond acceptors (Lipinski definition) is 6. The highest BCUT2D eigenvalue weighted by molar-refractivity contribution is 6.03. The van der Waals surface area contributed by atoms with Gasteiger partial charge in [0.15, 0.2) is 0 Å². The molecule has 0 radical (unpaired) electrons. The predicted octanol–water partition coefficient (Wildman–Crippen LogP) is 5.25. The second-order valence-electron chi connectivity index (χ2n) is 7.82. The molecule has 2 atom stereocenters. The molecular weight excluding hydrogens is 392 g/mol. The number of aliphatic hydroxyl groups excluding tert-OH is 1. The molecule has 1 aliphatic rings. The molecule has 0 aliphatic heterocycles. The summed E-state index contributed by atoms with van der Waals surface area (Å²) in [7, 11) is 1.65. The van der Waals surface area contributed by atoms with Crippen LogP contribution in [0.15, 0.2) is 65.3 Å². The maximum absolute atomic E-state index is 10.1. The molecule has 4 aromatic rings. The number of nitrogens with zero attached hydrogens (tertiary/aromatic N) is 2. The number of benzene rings is 2. The van der Waals surface area contributed by atoms with Crippen LogP contribution in [0.2, 0.25) is 0 Å². The third kappa shape index (κ3) is 3.86. The summed E-state index contributed by atoms with van der Waals surface area (Å²) in [6, 6.07) is 17.8. The van der Waals surface area contributed by atoms with E-state index in [1.807, 2.05) is 54.6 Å². The number of ether oxygens (including phenoxy) is 2. The molecule has 2 aromatic heterocycles. The Kier molecular flexibility index (Phi) is 5.30. The van der Waals surface area contributed by atoms with Gasteiger partial charge >= 0.3 is 0 Å². The lowest BCUT2D eigenvalue weighted by Gasteiger charge is -2.26. The fourth-order valence-corrected chi connectivity index (χ4v) is 4.21. The molecule has 31 heavy (non-hydrogen) atoms. The molecule has 1 saturated carbocycles. The Morgan fingerprint density at radius 1 is 0.968 bits per heavy atom. The molecular formula is C25H24N2O4. The van der Waals surface area contributed by atoms with Gasteiger partial charge in [-0.25, -0.2) is 9.97 Å². The van der Waals surface area contributed by atoms with Gasteiger partial charge in [-0.1, -0.05) is 42.5 Å². The van der Waals surface area contributed by atoms with Gasteiger partial charge in [0.05, 0.1) is 13.2 Å². The zero-order valence-electron chi connectivity index (χ0n) is 17.3. The molecule has 1 N–H and O–H groups in total. The Morgan fingerprint density at radius 3 is 2.52 bits per heavy atom. The molecule has 0 unspecified atom stereocenters. The first-order valence-corrected chi connectivity index (χ1v) is 10.5. The van der Waals surface area contributed by atoms with Crippen molar-refractivity contribution in [2.24, 2.45) is 0 Å². The van der Waals surface area contributed by atoms with Crippen LogP contribution in [-0.4, -0.2) is 34.4 Å². The zero-order valence-corrected chi connectivity index (χ0v) is 17.3. The molecule has 0 spiro atoms. The van der Waals surface area contributed by atoms with Crippen molar-refractivity contribution >= 4 is 11.1 Å². The van der Waals surface area contributed by atoms with E-state index in [9.17, 15) is 5.11 Å². The van der Waals surface area contributed by atoms with Crippen LogP contribution in [0, 0.1) is 0 Å². The van der Waals surface area contributed by atoms with Crippen LogP contribution >= 0.6 is 0 Å². The quantitative estimate of drug-likeness (QED) is 0.479. The van der Waals surface area contributed by atoms with Gasteiger partial charge in [-0.05, 0) is 37.0 Å². The van der Waals surface area contributed by atoms with Gasteiger partial charge in [-0.15, -0.1) is 0 Å². The molecule has 2 aromatic carbocycles. The van der Waals surface area contributed by atoms with Gasteiger partial charge in [-0.3, -0.25) is 0 Å². The second-order valence-corrected chi connectivity index (χ2v) is 7.82. The lowest BCUT2D eigenvalue weighted by atomic mass is 9.95. The molecule has 5 rings (SSSR count). The third-order valence-electron chi connectivity index (χ3n) is 5.74. The van der Waals surface area contributed by atoms with Crippen LogP contribution in [0.5, 0.6) is 11.6 Å². The maximum Gasteiger partial charge on any atom is 0.234 e. The van der Waals surface area contributed by atoms with E-state index in [-0.39, 0.29) is 12.2 Å². The fourth-order valence-electron chi connectivity index (χ4n) is 4.21. The van der Waals surface area contributed by atoms with Gasteiger partial charge in [0.1, 0.15) is 29.3 Å². The first-order chi connectivity index (χ1) is 15.2. The summed E-state index contributed by atoms with van der Waals surface area (Å²) in [5.74, 6) is 1.98. The van der Waals surface area contributed by atoms with Gasteiger partial charge < -0.3 is 19.0 Å². The molecule has 158 valence electrons. The minimum atomic E-state index is -0.332. The maximum atomic E-state index is 10.1. The Bertz CT molecular complexity index is 1170. The Hall–Kier alpha value is -3.38. The van der Waals surface area contributed by atoms with Crippen LogP contribution < -0.4 is 9.47 Å². The number of hydrogen-bond donors (Lipinski definition) is 1. The van der Waals surface area contributed by atoms with Crippen molar-refractivity contribution in [2.75, 3.05) is 7.11 Å². The standard InChI is InChI=1S/C25H24N2O4/c1-29-19-12-10-16(11-13-19)21-22-24(30-20-9-5-8-18(28)14-20)26-15-27-25(22)31-23(21)17-6-3-2-4-7-17/h2-4,6-7,10-13,15,18,20,28H,5,8-9,14H2,1H3/t18-,20-/m0/s1. The molecule has 0 amide bonds. The molecule has 6 heteroatoms. The van der Waals surface area contributed by atoms with E-state index < -0.39 is 0 Å². The topological polar surface area (TPSA) is 77.6 Å². The van der Waals surface area contributed by atoms with Crippen molar-refractivity contribution < 1.29 is 19.0 Å². The van der Waals surface area contributed by atoms with Crippen LogP contribution in [0.3, 0.4) is 0 Å². The second kappa shape index (κ2) is 8.40. The third-order valence-corrected chi connectivity index (χ3v) is 5.74. The highest BCUT2D eigenvalue weighted by atomic mass is 16.5. The summed E-state index contributed by atoms with van der Waals surface area (Å²) in [6.07, 6.45) is 4.30. The van der Waals surface area contributed by atoms with Crippen LogP contribution in [0.4, 0.5) is 0 Å². The van der Waals surface area contributed by atoms with Crippen LogP contribution in [0.25, 0.3) is 33.6 Å². The van der Waals surface area contributed by atoms with E-state index >= 15 is 0 Å². The molecule has 2 heterocycles. The number of aliphatic hydroxyl groups is 1. The van der Waals surface area contributed by atoms with E-state index in [0.29, 0.717) is 18.0 Å². The van der Waals surface area contributed by atoms with E-state index in [0.717, 1.165) is 52.8 Å². The van der Waals surface area contributed by atoms with Crippen LogP contribution in [0.1, 0.15) is 25.7 Å². The number of methoxy groups -OCH3 is 1. The van der Waals surface area contributed by atoms with E-state index in [1.54, 1.807) is 7.11 Å². The normalized spacial score (nSPS) is 18.8. The molecule has 0 bridgehead atoms. The average molecular weight is 416 g/mol. The van der Waals surface area contributed by atoms with Crippen molar-refractivity contribution in [2.45, 2.75) is 37.9 Å². The highest BCUT2D eigenvalue weighted by Gasteiger charge is 2.27. The number of fused-ring (bicyclic) bond motifs is 1. The Balaban J connectivity index is 1.68. The van der Waals surface area contributed by atoms with Crippen LogP contribution in [-0.2, 0) is 0 Å².